The molecule has 0 saturated heterocycles. The topological polar surface area (TPSA) is 69.2 Å². The van der Waals surface area contributed by atoms with Crippen LogP contribution in [0.5, 0.6) is 17.2 Å². The average molecular weight is 519 g/mol. The van der Waals surface area contributed by atoms with E-state index in [-0.39, 0.29) is 12.5 Å². The molecule has 0 bridgehead atoms. The molecule has 0 aliphatic carbocycles. The number of hydrogen-bond donors (Lipinski definition) is 1. The molecule has 1 N–H and O–H groups in total. The van der Waals surface area contributed by atoms with Gasteiger partial charge in [0, 0.05) is 10.0 Å². The zero-order valence-electron chi connectivity index (χ0n) is 18.5. The lowest BCUT2D eigenvalue weighted by molar-refractivity contribution is -0.123. The lowest BCUT2D eigenvalue weighted by Gasteiger charge is -2.12. The van der Waals surface area contributed by atoms with E-state index in [0.29, 0.717) is 23.9 Å². The van der Waals surface area contributed by atoms with Gasteiger partial charge >= 0.3 is 0 Å². The van der Waals surface area contributed by atoms with Gasteiger partial charge in [0.15, 0.2) is 18.1 Å². The molecule has 7 heteroatoms. The number of carbonyl (C=O) groups is 1. The summed E-state index contributed by atoms with van der Waals surface area (Å²) in [6.07, 6.45) is 1.60. The highest BCUT2D eigenvalue weighted by molar-refractivity contribution is 9.10. The van der Waals surface area contributed by atoms with Crippen LogP contribution in [0.4, 0.5) is 0 Å². The first-order valence-electron chi connectivity index (χ1n) is 10.6. The van der Waals surface area contributed by atoms with Crippen molar-refractivity contribution in [1.82, 2.24) is 5.43 Å². The lowest BCUT2D eigenvalue weighted by atomic mass is 10.0. The molecule has 0 aliphatic rings. The summed E-state index contributed by atoms with van der Waals surface area (Å²) in [6, 6.07) is 26.9. The summed E-state index contributed by atoms with van der Waals surface area (Å²) in [6.45, 7) is 0.206. The summed E-state index contributed by atoms with van der Waals surface area (Å²) in [4.78, 5) is 12.3. The van der Waals surface area contributed by atoms with Crippen molar-refractivity contribution in [3.63, 3.8) is 0 Å². The third-order valence-corrected chi connectivity index (χ3v) is 5.52. The van der Waals surface area contributed by atoms with E-state index in [4.69, 9.17) is 14.2 Å². The third kappa shape index (κ3) is 5.94. The smallest absolute Gasteiger partial charge is 0.277 e. The summed E-state index contributed by atoms with van der Waals surface area (Å²) in [7, 11) is 1.55. The second-order valence-corrected chi connectivity index (χ2v) is 8.27. The maximum Gasteiger partial charge on any atom is 0.277 e. The van der Waals surface area contributed by atoms with Crippen molar-refractivity contribution in [2.75, 3.05) is 13.7 Å². The largest absolute Gasteiger partial charge is 0.493 e. The Labute approximate surface area is 206 Å². The molecule has 0 aliphatic heterocycles. The number of rotatable bonds is 9. The minimum Gasteiger partial charge on any atom is -0.493 e. The molecule has 0 saturated carbocycles. The number of para-hydroxylation sites is 2. The number of fused-ring (bicyclic) bond motifs is 1. The fourth-order valence-corrected chi connectivity index (χ4v) is 3.85. The van der Waals surface area contributed by atoms with Crippen molar-refractivity contribution in [3.05, 3.63) is 101 Å². The Hall–Kier alpha value is -3.84. The van der Waals surface area contributed by atoms with Crippen molar-refractivity contribution < 1.29 is 19.0 Å². The first kappa shape index (κ1) is 23.3. The Bertz CT molecular complexity index is 1320. The highest BCUT2D eigenvalue weighted by Gasteiger charge is 2.09. The van der Waals surface area contributed by atoms with Crippen LogP contribution in [-0.2, 0) is 11.4 Å². The van der Waals surface area contributed by atoms with Gasteiger partial charge in [-0.1, -0.05) is 70.5 Å². The monoisotopic (exact) mass is 518 g/mol. The standard InChI is InChI=1S/C27H23BrN2O4/c1-32-25-11-4-5-12-26(25)34-18-27(31)30-29-16-23-22-10-3-2-8-20(22)13-14-24(23)33-17-19-7-6-9-21(28)15-19/h2-16H,17-18H2,1H3,(H,30,31). The summed E-state index contributed by atoms with van der Waals surface area (Å²) in [5.74, 6) is 1.32. The van der Waals surface area contributed by atoms with E-state index in [1.54, 1.807) is 25.5 Å². The van der Waals surface area contributed by atoms with E-state index < -0.39 is 0 Å². The minimum absolute atomic E-state index is 0.195. The molecule has 0 spiro atoms. The van der Waals surface area contributed by atoms with Crippen LogP contribution in [0.15, 0.2) is 94.5 Å². The highest BCUT2D eigenvalue weighted by atomic mass is 79.9. The van der Waals surface area contributed by atoms with Gasteiger partial charge in [-0.05, 0) is 46.7 Å². The zero-order chi connectivity index (χ0) is 23.8. The number of carbonyl (C=O) groups excluding carboxylic acids is 1. The van der Waals surface area contributed by atoms with Gasteiger partial charge in [-0.25, -0.2) is 5.43 Å². The fourth-order valence-electron chi connectivity index (χ4n) is 3.40. The lowest BCUT2D eigenvalue weighted by Crippen LogP contribution is -2.24. The number of hydrazone groups is 1. The maximum absolute atomic E-state index is 12.3. The SMILES string of the molecule is COc1ccccc1OCC(=O)NN=Cc1c(OCc2cccc(Br)c2)ccc2ccccc12. The second-order valence-electron chi connectivity index (χ2n) is 7.35. The number of methoxy groups -OCH3 is 1. The Morgan fingerprint density at radius 3 is 2.53 bits per heavy atom. The Morgan fingerprint density at radius 2 is 1.71 bits per heavy atom. The van der Waals surface area contributed by atoms with Gasteiger partial charge in [0.1, 0.15) is 12.4 Å². The Kier molecular flexibility index (Phi) is 7.78. The molecule has 6 nitrogen and oxygen atoms in total. The normalized spacial score (nSPS) is 10.9. The van der Waals surface area contributed by atoms with Gasteiger partial charge in [0.25, 0.3) is 5.91 Å². The molecular formula is C27H23BrN2O4. The predicted molar refractivity (Wildman–Crippen MR) is 137 cm³/mol. The van der Waals surface area contributed by atoms with Gasteiger partial charge in [0.05, 0.1) is 13.3 Å². The van der Waals surface area contributed by atoms with Gasteiger partial charge in [-0.3, -0.25) is 4.79 Å². The van der Waals surface area contributed by atoms with Crippen LogP contribution in [0, 0.1) is 0 Å². The van der Waals surface area contributed by atoms with E-state index >= 15 is 0 Å². The molecule has 172 valence electrons. The van der Waals surface area contributed by atoms with Crippen LogP contribution in [0.25, 0.3) is 10.8 Å². The van der Waals surface area contributed by atoms with Gasteiger partial charge in [0.2, 0.25) is 0 Å². The fraction of sp³-hybridized carbons (Fsp3) is 0.111. The van der Waals surface area contributed by atoms with Crippen LogP contribution in [-0.4, -0.2) is 25.8 Å². The van der Waals surface area contributed by atoms with E-state index in [1.165, 1.54) is 0 Å². The third-order valence-electron chi connectivity index (χ3n) is 5.02. The molecule has 1 amide bonds. The Balaban J connectivity index is 1.47. The first-order chi connectivity index (χ1) is 16.6. The van der Waals surface area contributed by atoms with Crippen molar-refractivity contribution in [3.8, 4) is 17.2 Å². The molecule has 0 radical (unpaired) electrons. The van der Waals surface area contributed by atoms with Crippen LogP contribution in [0.2, 0.25) is 0 Å². The summed E-state index contributed by atoms with van der Waals surface area (Å²) >= 11 is 3.48. The number of hydrogen-bond acceptors (Lipinski definition) is 5. The summed E-state index contributed by atoms with van der Waals surface area (Å²) in [5, 5.41) is 6.17. The van der Waals surface area contributed by atoms with Gasteiger partial charge in [-0.2, -0.15) is 5.10 Å². The quantitative estimate of drug-likeness (QED) is 0.227. The first-order valence-corrected chi connectivity index (χ1v) is 11.4. The molecule has 4 aromatic rings. The van der Waals surface area contributed by atoms with Gasteiger partial charge in [-0.15, -0.1) is 0 Å². The van der Waals surface area contributed by atoms with Crippen LogP contribution < -0.4 is 19.6 Å². The van der Waals surface area contributed by atoms with Crippen molar-refractivity contribution >= 4 is 38.8 Å². The molecule has 0 aromatic heterocycles. The maximum atomic E-state index is 12.3. The van der Waals surface area contributed by atoms with Crippen LogP contribution in [0.3, 0.4) is 0 Å². The van der Waals surface area contributed by atoms with Crippen LogP contribution in [0.1, 0.15) is 11.1 Å². The molecule has 4 aromatic carbocycles. The van der Waals surface area contributed by atoms with Crippen LogP contribution >= 0.6 is 15.9 Å². The molecule has 0 heterocycles. The molecule has 0 unspecified atom stereocenters. The predicted octanol–water partition coefficient (Wildman–Crippen LogP) is 5.72. The molecule has 0 fully saturated rings. The second kappa shape index (κ2) is 11.3. The zero-order valence-corrected chi connectivity index (χ0v) is 20.1. The number of halogens is 1. The Morgan fingerprint density at radius 1 is 0.912 bits per heavy atom. The minimum atomic E-state index is -0.390. The van der Waals surface area contributed by atoms with E-state index in [9.17, 15) is 4.79 Å². The van der Waals surface area contributed by atoms with Gasteiger partial charge < -0.3 is 14.2 Å². The molecule has 4 rings (SSSR count). The van der Waals surface area contributed by atoms with Crippen molar-refractivity contribution in [2.24, 2.45) is 5.10 Å². The summed E-state index contributed by atoms with van der Waals surface area (Å²) < 4.78 is 17.9. The molecular weight excluding hydrogens is 496 g/mol. The number of nitrogens with one attached hydrogen (secondary N) is 1. The number of amides is 1. The van der Waals surface area contributed by atoms with E-state index in [2.05, 4.69) is 26.5 Å². The number of benzene rings is 4. The number of nitrogens with zero attached hydrogens (tertiary/aromatic N) is 1. The number of ether oxygens (including phenoxy) is 3. The average Bonchev–Trinajstić information content (AvgIpc) is 2.87. The van der Waals surface area contributed by atoms with Crippen molar-refractivity contribution in [2.45, 2.75) is 6.61 Å². The van der Waals surface area contributed by atoms with E-state index in [0.717, 1.165) is 26.4 Å². The van der Waals surface area contributed by atoms with Crippen molar-refractivity contribution in [1.29, 1.82) is 0 Å². The highest BCUT2D eigenvalue weighted by Crippen LogP contribution is 2.28. The molecule has 34 heavy (non-hydrogen) atoms. The van der Waals surface area contributed by atoms with E-state index in [1.807, 2.05) is 72.8 Å². The molecule has 0 atom stereocenters. The summed E-state index contributed by atoms with van der Waals surface area (Å²) in [5.41, 5.74) is 4.33.